The fraction of sp³-hybridized carbons (Fsp3) is 0.0909. The SMILES string of the molecule is CN(C)c1ccc(C(=O)Nc2ccc(Nc3cc(-n4ccnc4)ncn3)cc2)cc1. The van der Waals surface area contributed by atoms with Gasteiger partial charge in [0, 0.05) is 55.2 Å². The lowest BCUT2D eigenvalue weighted by Gasteiger charge is -2.13. The third-order valence-corrected chi connectivity index (χ3v) is 4.48. The summed E-state index contributed by atoms with van der Waals surface area (Å²) < 4.78 is 1.80. The van der Waals surface area contributed by atoms with Gasteiger partial charge in [-0.05, 0) is 48.5 Å². The number of hydrogen-bond donors (Lipinski definition) is 2. The van der Waals surface area contributed by atoms with Crippen LogP contribution in [0.2, 0.25) is 0 Å². The van der Waals surface area contributed by atoms with E-state index in [9.17, 15) is 4.79 Å². The van der Waals surface area contributed by atoms with Crippen LogP contribution in [0.5, 0.6) is 0 Å². The van der Waals surface area contributed by atoms with Crippen LogP contribution in [0.4, 0.5) is 22.9 Å². The number of hydrogen-bond acceptors (Lipinski definition) is 6. The average molecular weight is 399 g/mol. The van der Waals surface area contributed by atoms with E-state index in [1.807, 2.05) is 79.8 Å². The Labute approximate surface area is 174 Å². The van der Waals surface area contributed by atoms with E-state index < -0.39 is 0 Å². The maximum Gasteiger partial charge on any atom is 0.255 e. The number of benzene rings is 2. The Morgan fingerprint density at radius 3 is 2.37 bits per heavy atom. The molecule has 0 bridgehead atoms. The number of aromatic nitrogens is 4. The molecule has 2 aromatic carbocycles. The summed E-state index contributed by atoms with van der Waals surface area (Å²) in [5, 5.41) is 6.14. The number of nitrogens with zero attached hydrogens (tertiary/aromatic N) is 5. The van der Waals surface area contributed by atoms with Crippen molar-refractivity contribution < 1.29 is 4.79 Å². The molecule has 0 aliphatic rings. The lowest BCUT2D eigenvalue weighted by Crippen LogP contribution is -2.13. The molecule has 4 rings (SSSR count). The largest absolute Gasteiger partial charge is 0.378 e. The highest BCUT2D eigenvalue weighted by Crippen LogP contribution is 2.20. The van der Waals surface area contributed by atoms with Crippen molar-refractivity contribution in [2.75, 3.05) is 29.6 Å². The molecule has 0 aliphatic heterocycles. The van der Waals surface area contributed by atoms with Gasteiger partial charge in [-0.2, -0.15) is 0 Å². The van der Waals surface area contributed by atoms with Crippen LogP contribution >= 0.6 is 0 Å². The number of carbonyl (C=O) groups is 1. The van der Waals surface area contributed by atoms with Crippen molar-refractivity contribution in [3.8, 4) is 5.82 Å². The van der Waals surface area contributed by atoms with Crippen LogP contribution in [-0.4, -0.2) is 39.5 Å². The molecule has 4 aromatic rings. The topological polar surface area (TPSA) is 88.0 Å². The molecule has 30 heavy (non-hydrogen) atoms. The molecular formula is C22H21N7O. The third kappa shape index (κ3) is 4.44. The van der Waals surface area contributed by atoms with E-state index >= 15 is 0 Å². The zero-order chi connectivity index (χ0) is 20.9. The fourth-order valence-corrected chi connectivity index (χ4v) is 2.85. The monoisotopic (exact) mass is 399 g/mol. The summed E-state index contributed by atoms with van der Waals surface area (Å²) in [7, 11) is 3.93. The van der Waals surface area contributed by atoms with E-state index in [0.717, 1.165) is 11.4 Å². The van der Waals surface area contributed by atoms with E-state index in [1.165, 1.54) is 6.33 Å². The Morgan fingerprint density at radius 1 is 0.967 bits per heavy atom. The molecule has 0 atom stereocenters. The molecule has 0 saturated carbocycles. The normalized spacial score (nSPS) is 10.5. The van der Waals surface area contributed by atoms with E-state index in [-0.39, 0.29) is 5.91 Å². The summed E-state index contributed by atoms with van der Waals surface area (Å²) in [5.74, 6) is 1.22. The van der Waals surface area contributed by atoms with Crippen LogP contribution in [0, 0.1) is 0 Å². The first-order valence-electron chi connectivity index (χ1n) is 9.35. The second-order valence-corrected chi connectivity index (χ2v) is 6.83. The van der Waals surface area contributed by atoms with Gasteiger partial charge >= 0.3 is 0 Å². The van der Waals surface area contributed by atoms with E-state index in [2.05, 4.69) is 25.6 Å². The van der Waals surface area contributed by atoms with Gasteiger partial charge in [-0.3, -0.25) is 9.36 Å². The summed E-state index contributed by atoms with van der Waals surface area (Å²) in [6.45, 7) is 0. The Balaban J connectivity index is 1.40. The molecule has 0 radical (unpaired) electrons. The first-order chi connectivity index (χ1) is 14.6. The predicted octanol–water partition coefficient (Wildman–Crippen LogP) is 3.72. The van der Waals surface area contributed by atoms with Crippen molar-refractivity contribution >= 4 is 28.8 Å². The van der Waals surface area contributed by atoms with Crippen molar-refractivity contribution in [1.82, 2.24) is 19.5 Å². The molecule has 2 aromatic heterocycles. The number of carbonyl (C=O) groups excluding carboxylic acids is 1. The van der Waals surface area contributed by atoms with Crippen LogP contribution in [0.1, 0.15) is 10.4 Å². The molecule has 2 N–H and O–H groups in total. The number of imidazole rings is 1. The van der Waals surface area contributed by atoms with Crippen LogP contribution in [0.3, 0.4) is 0 Å². The van der Waals surface area contributed by atoms with Crippen LogP contribution < -0.4 is 15.5 Å². The standard InChI is InChI=1S/C22H21N7O/c1-28(2)19-9-3-16(4-10-19)22(30)27-18-7-5-17(6-8-18)26-20-13-21(25-14-24-20)29-12-11-23-15-29/h3-15H,1-2H3,(H,27,30)(H,24,25,26). The highest BCUT2D eigenvalue weighted by molar-refractivity contribution is 6.04. The molecule has 0 aliphatic carbocycles. The quantitative estimate of drug-likeness (QED) is 0.514. The molecule has 0 saturated heterocycles. The molecule has 0 unspecified atom stereocenters. The first-order valence-corrected chi connectivity index (χ1v) is 9.35. The van der Waals surface area contributed by atoms with Gasteiger partial charge in [0.2, 0.25) is 0 Å². The zero-order valence-corrected chi connectivity index (χ0v) is 16.6. The van der Waals surface area contributed by atoms with Crippen LogP contribution in [0.15, 0.2) is 79.6 Å². The Kier molecular flexibility index (Phi) is 5.38. The molecule has 1 amide bonds. The summed E-state index contributed by atoms with van der Waals surface area (Å²) in [4.78, 5) is 27.0. The van der Waals surface area contributed by atoms with E-state index in [0.29, 0.717) is 22.9 Å². The lowest BCUT2D eigenvalue weighted by atomic mass is 10.2. The molecule has 8 heteroatoms. The number of rotatable bonds is 6. The number of nitrogens with one attached hydrogen (secondary N) is 2. The van der Waals surface area contributed by atoms with Crippen molar-refractivity contribution in [3.05, 3.63) is 85.2 Å². The van der Waals surface area contributed by atoms with Crippen molar-refractivity contribution in [2.45, 2.75) is 0 Å². The van der Waals surface area contributed by atoms with Gasteiger partial charge in [-0.1, -0.05) is 0 Å². The van der Waals surface area contributed by atoms with Crippen molar-refractivity contribution in [2.24, 2.45) is 0 Å². The summed E-state index contributed by atoms with van der Waals surface area (Å²) in [6, 6.07) is 16.7. The van der Waals surface area contributed by atoms with Gasteiger partial charge in [-0.15, -0.1) is 0 Å². The zero-order valence-electron chi connectivity index (χ0n) is 16.6. The Morgan fingerprint density at radius 2 is 1.70 bits per heavy atom. The second kappa shape index (κ2) is 8.44. The molecule has 0 fully saturated rings. The van der Waals surface area contributed by atoms with Gasteiger partial charge in [0.05, 0.1) is 0 Å². The third-order valence-electron chi connectivity index (χ3n) is 4.48. The first kappa shape index (κ1) is 19.1. The molecular weight excluding hydrogens is 378 g/mol. The van der Waals surface area contributed by atoms with Crippen LogP contribution in [0.25, 0.3) is 5.82 Å². The summed E-state index contributed by atoms with van der Waals surface area (Å²) >= 11 is 0. The number of anilines is 4. The fourth-order valence-electron chi connectivity index (χ4n) is 2.85. The molecule has 8 nitrogen and oxygen atoms in total. The van der Waals surface area contributed by atoms with E-state index in [1.54, 1.807) is 17.1 Å². The summed E-state index contributed by atoms with van der Waals surface area (Å²) in [6.07, 6.45) is 6.68. The second-order valence-electron chi connectivity index (χ2n) is 6.83. The van der Waals surface area contributed by atoms with Gasteiger partial charge in [0.25, 0.3) is 5.91 Å². The highest BCUT2D eigenvalue weighted by Gasteiger charge is 2.07. The average Bonchev–Trinajstić information content (AvgIpc) is 3.30. The minimum Gasteiger partial charge on any atom is -0.378 e. The Bertz CT molecular complexity index is 1120. The van der Waals surface area contributed by atoms with Crippen molar-refractivity contribution in [3.63, 3.8) is 0 Å². The maximum absolute atomic E-state index is 12.5. The van der Waals surface area contributed by atoms with Crippen LogP contribution in [-0.2, 0) is 0 Å². The summed E-state index contributed by atoms with van der Waals surface area (Å²) in [5.41, 5.74) is 3.21. The maximum atomic E-state index is 12.5. The lowest BCUT2D eigenvalue weighted by molar-refractivity contribution is 0.102. The predicted molar refractivity (Wildman–Crippen MR) is 118 cm³/mol. The van der Waals surface area contributed by atoms with Gasteiger partial charge in [0.1, 0.15) is 24.3 Å². The van der Waals surface area contributed by atoms with Gasteiger partial charge < -0.3 is 15.5 Å². The highest BCUT2D eigenvalue weighted by atomic mass is 16.1. The van der Waals surface area contributed by atoms with Crippen molar-refractivity contribution in [1.29, 1.82) is 0 Å². The smallest absolute Gasteiger partial charge is 0.255 e. The minimum absolute atomic E-state index is 0.151. The number of amides is 1. The van der Waals surface area contributed by atoms with Gasteiger partial charge in [0.15, 0.2) is 0 Å². The molecule has 150 valence electrons. The minimum atomic E-state index is -0.151. The molecule has 2 heterocycles. The van der Waals surface area contributed by atoms with E-state index in [4.69, 9.17) is 0 Å². The van der Waals surface area contributed by atoms with Gasteiger partial charge in [-0.25, -0.2) is 15.0 Å². The molecule has 0 spiro atoms. The Hall–Kier alpha value is -4.20.